The van der Waals surface area contributed by atoms with E-state index in [1.807, 2.05) is 29.0 Å². The third-order valence-electron chi connectivity index (χ3n) is 3.40. The summed E-state index contributed by atoms with van der Waals surface area (Å²) in [6, 6.07) is 9.08. The SMILES string of the molecule is O=C(NCCCn1ccnc1)c1cccnc1-c1ccccn1. The van der Waals surface area contributed by atoms with Gasteiger partial charge in [0.2, 0.25) is 0 Å². The van der Waals surface area contributed by atoms with Gasteiger partial charge in [0.15, 0.2) is 0 Å². The first-order chi connectivity index (χ1) is 11.3. The molecule has 0 saturated heterocycles. The maximum absolute atomic E-state index is 12.4. The Labute approximate surface area is 134 Å². The third-order valence-corrected chi connectivity index (χ3v) is 3.40. The smallest absolute Gasteiger partial charge is 0.253 e. The quantitative estimate of drug-likeness (QED) is 0.708. The number of carbonyl (C=O) groups excluding carboxylic acids is 1. The molecular weight excluding hydrogens is 290 g/mol. The first-order valence-electron chi connectivity index (χ1n) is 7.45. The van der Waals surface area contributed by atoms with E-state index in [4.69, 9.17) is 0 Å². The summed E-state index contributed by atoms with van der Waals surface area (Å²) in [6.07, 6.45) is 9.61. The van der Waals surface area contributed by atoms with Crippen molar-refractivity contribution in [2.45, 2.75) is 13.0 Å². The molecule has 0 bridgehead atoms. The zero-order valence-electron chi connectivity index (χ0n) is 12.6. The van der Waals surface area contributed by atoms with Gasteiger partial charge in [-0.25, -0.2) is 4.98 Å². The maximum Gasteiger partial charge on any atom is 0.253 e. The third kappa shape index (κ3) is 3.79. The van der Waals surface area contributed by atoms with Crippen LogP contribution in [-0.2, 0) is 6.54 Å². The van der Waals surface area contributed by atoms with Crippen molar-refractivity contribution >= 4 is 5.91 Å². The average Bonchev–Trinajstić information content (AvgIpc) is 3.13. The normalized spacial score (nSPS) is 10.4. The van der Waals surface area contributed by atoms with Crippen LogP contribution in [0.3, 0.4) is 0 Å². The summed E-state index contributed by atoms with van der Waals surface area (Å²) in [5.74, 6) is -0.135. The molecule has 23 heavy (non-hydrogen) atoms. The van der Waals surface area contributed by atoms with E-state index in [2.05, 4.69) is 20.3 Å². The van der Waals surface area contributed by atoms with Gasteiger partial charge in [0, 0.05) is 37.9 Å². The van der Waals surface area contributed by atoms with Gasteiger partial charge in [-0.05, 0) is 30.7 Å². The van der Waals surface area contributed by atoms with E-state index in [1.165, 1.54) is 0 Å². The van der Waals surface area contributed by atoms with Crippen molar-refractivity contribution in [3.63, 3.8) is 0 Å². The molecule has 1 amide bonds. The lowest BCUT2D eigenvalue weighted by Crippen LogP contribution is -2.26. The van der Waals surface area contributed by atoms with Gasteiger partial charge in [-0.15, -0.1) is 0 Å². The molecule has 0 aliphatic heterocycles. The van der Waals surface area contributed by atoms with Crippen molar-refractivity contribution in [3.05, 3.63) is 67.0 Å². The summed E-state index contributed by atoms with van der Waals surface area (Å²) in [7, 11) is 0. The topological polar surface area (TPSA) is 72.7 Å². The molecule has 3 aromatic rings. The molecular formula is C17H17N5O. The van der Waals surface area contributed by atoms with Crippen LogP contribution < -0.4 is 5.32 Å². The van der Waals surface area contributed by atoms with E-state index in [9.17, 15) is 4.79 Å². The molecule has 6 heteroatoms. The number of aromatic nitrogens is 4. The number of imidazole rings is 1. The van der Waals surface area contributed by atoms with Gasteiger partial charge in [0.1, 0.15) is 5.69 Å². The number of amides is 1. The zero-order chi connectivity index (χ0) is 15.9. The van der Waals surface area contributed by atoms with E-state index >= 15 is 0 Å². The number of rotatable bonds is 6. The van der Waals surface area contributed by atoms with Crippen LogP contribution in [0.25, 0.3) is 11.4 Å². The van der Waals surface area contributed by atoms with Gasteiger partial charge in [0.05, 0.1) is 17.6 Å². The summed E-state index contributed by atoms with van der Waals surface area (Å²) in [5, 5.41) is 2.93. The Bertz CT molecular complexity index is 756. The minimum absolute atomic E-state index is 0.135. The molecule has 3 rings (SSSR count). The van der Waals surface area contributed by atoms with Crippen LogP contribution in [0.5, 0.6) is 0 Å². The molecule has 3 heterocycles. The van der Waals surface area contributed by atoms with Gasteiger partial charge in [-0.3, -0.25) is 14.8 Å². The molecule has 0 atom stereocenters. The Morgan fingerprint density at radius 1 is 1.09 bits per heavy atom. The van der Waals surface area contributed by atoms with Gasteiger partial charge in [0.25, 0.3) is 5.91 Å². The van der Waals surface area contributed by atoms with E-state index in [1.54, 1.807) is 37.1 Å². The van der Waals surface area contributed by atoms with Gasteiger partial charge < -0.3 is 9.88 Å². The van der Waals surface area contributed by atoms with Crippen LogP contribution >= 0.6 is 0 Å². The predicted octanol–water partition coefficient (Wildman–Crippen LogP) is 2.16. The van der Waals surface area contributed by atoms with Crippen LogP contribution in [0.15, 0.2) is 61.4 Å². The lowest BCUT2D eigenvalue weighted by Gasteiger charge is -2.09. The molecule has 116 valence electrons. The van der Waals surface area contributed by atoms with Crippen LogP contribution in [0.4, 0.5) is 0 Å². The predicted molar refractivity (Wildman–Crippen MR) is 86.6 cm³/mol. The summed E-state index contributed by atoms with van der Waals surface area (Å²) >= 11 is 0. The van der Waals surface area contributed by atoms with E-state index < -0.39 is 0 Å². The maximum atomic E-state index is 12.4. The summed E-state index contributed by atoms with van der Waals surface area (Å²) in [5.41, 5.74) is 1.82. The number of nitrogens with zero attached hydrogens (tertiary/aromatic N) is 4. The number of aryl methyl sites for hydroxylation is 1. The van der Waals surface area contributed by atoms with Crippen LogP contribution in [0.2, 0.25) is 0 Å². The number of hydrogen-bond acceptors (Lipinski definition) is 4. The van der Waals surface area contributed by atoms with E-state index in [0.717, 1.165) is 13.0 Å². The Morgan fingerprint density at radius 3 is 2.78 bits per heavy atom. The van der Waals surface area contributed by atoms with Crippen molar-refractivity contribution in [2.24, 2.45) is 0 Å². The highest BCUT2D eigenvalue weighted by atomic mass is 16.1. The standard InChI is InChI=1S/C17H17N5O/c23-17(21-9-4-11-22-12-10-18-13-22)14-5-3-8-20-16(14)15-6-1-2-7-19-15/h1-3,5-8,10,12-13H,4,9,11H2,(H,21,23). The minimum atomic E-state index is -0.135. The summed E-state index contributed by atoms with van der Waals surface area (Å²) in [4.78, 5) is 25.0. The van der Waals surface area contributed by atoms with Crippen molar-refractivity contribution in [1.82, 2.24) is 24.8 Å². The fraction of sp³-hybridized carbons (Fsp3) is 0.176. The van der Waals surface area contributed by atoms with Gasteiger partial charge in [-0.1, -0.05) is 6.07 Å². The van der Waals surface area contributed by atoms with Crippen molar-refractivity contribution in [2.75, 3.05) is 6.54 Å². The lowest BCUT2D eigenvalue weighted by molar-refractivity contribution is 0.0953. The monoisotopic (exact) mass is 307 g/mol. The summed E-state index contributed by atoms with van der Waals surface area (Å²) < 4.78 is 1.98. The van der Waals surface area contributed by atoms with Crippen molar-refractivity contribution < 1.29 is 4.79 Å². The molecule has 6 nitrogen and oxygen atoms in total. The highest BCUT2D eigenvalue weighted by Gasteiger charge is 2.13. The Kier molecular flexibility index (Phi) is 4.73. The van der Waals surface area contributed by atoms with Crippen LogP contribution in [0.1, 0.15) is 16.8 Å². The number of nitrogens with one attached hydrogen (secondary N) is 1. The number of carbonyl (C=O) groups is 1. The van der Waals surface area contributed by atoms with Crippen LogP contribution in [0, 0.1) is 0 Å². The highest BCUT2D eigenvalue weighted by molar-refractivity contribution is 5.99. The zero-order valence-corrected chi connectivity index (χ0v) is 12.6. The molecule has 3 aromatic heterocycles. The van der Waals surface area contributed by atoms with Crippen LogP contribution in [-0.4, -0.2) is 32.0 Å². The number of pyridine rings is 2. The Hall–Kier alpha value is -3.02. The molecule has 0 unspecified atom stereocenters. The summed E-state index contributed by atoms with van der Waals surface area (Å²) in [6.45, 7) is 1.41. The molecule has 0 spiro atoms. The lowest BCUT2D eigenvalue weighted by atomic mass is 10.1. The first kappa shape index (κ1) is 14.9. The molecule has 0 saturated carbocycles. The van der Waals surface area contributed by atoms with Gasteiger partial charge >= 0.3 is 0 Å². The molecule has 0 fully saturated rings. The fourth-order valence-electron chi connectivity index (χ4n) is 2.27. The highest BCUT2D eigenvalue weighted by Crippen LogP contribution is 2.18. The second-order valence-electron chi connectivity index (χ2n) is 5.02. The van der Waals surface area contributed by atoms with Gasteiger partial charge in [-0.2, -0.15) is 0 Å². The van der Waals surface area contributed by atoms with Crippen molar-refractivity contribution in [1.29, 1.82) is 0 Å². The second kappa shape index (κ2) is 7.31. The molecule has 0 aliphatic carbocycles. The molecule has 0 radical (unpaired) electrons. The van der Waals surface area contributed by atoms with E-state index in [-0.39, 0.29) is 5.91 Å². The molecule has 0 aromatic carbocycles. The van der Waals surface area contributed by atoms with Crippen molar-refractivity contribution in [3.8, 4) is 11.4 Å². The first-order valence-corrected chi connectivity index (χ1v) is 7.45. The largest absolute Gasteiger partial charge is 0.352 e. The molecule has 0 aliphatic rings. The number of hydrogen-bond donors (Lipinski definition) is 1. The second-order valence-corrected chi connectivity index (χ2v) is 5.02. The minimum Gasteiger partial charge on any atom is -0.352 e. The van der Waals surface area contributed by atoms with E-state index in [0.29, 0.717) is 23.5 Å². The fourth-order valence-corrected chi connectivity index (χ4v) is 2.27. The average molecular weight is 307 g/mol. The Balaban J connectivity index is 1.63. The molecule has 1 N–H and O–H groups in total. The Morgan fingerprint density at radius 2 is 2.00 bits per heavy atom.